The largest absolute Gasteiger partial charge is 0.394 e. The lowest BCUT2D eigenvalue weighted by Gasteiger charge is -2.16. The number of aliphatic hydroxyl groups is 3. The van der Waals surface area contributed by atoms with Crippen molar-refractivity contribution < 1.29 is 20.1 Å². The molecule has 3 heterocycles. The number of hydrogen-bond donors (Lipinski definition) is 4. The first-order chi connectivity index (χ1) is 14.2. The maximum atomic E-state index is 10.3. The van der Waals surface area contributed by atoms with Crippen LogP contribution in [0.25, 0.3) is 16.7 Å². The van der Waals surface area contributed by atoms with Crippen molar-refractivity contribution in [3.05, 3.63) is 54.1 Å². The number of rotatable bonds is 5. The Morgan fingerprint density at radius 3 is 2.83 bits per heavy atom. The van der Waals surface area contributed by atoms with E-state index >= 15 is 0 Å². The summed E-state index contributed by atoms with van der Waals surface area (Å²) >= 11 is 0. The number of anilines is 1. The van der Waals surface area contributed by atoms with E-state index < -0.39 is 24.5 Å². The zero-order valence-corrected chi connectivity index (χ0v) is 15.5. The Morgan fingerprint density at radius 2 is 2.00 bits per heavy atom. The molecule has 9 nitrogen and oxygen atoms in total. The second kappa shape index (κ2) is 7.20. The van der Waals surface area contributed by atoms with Crippen molar-refractivity contribution in [3.8, 4) is 0 Å². The van der Waals surface area contributed by atoms with E-state index in [1.54, 1.807) is 4.57 Å². The van der Waals surface area contributed by atoms with Gasteiger partial charge in [0.05, 0.1) is 12.9 Å². The van der Waals surface area contributed by atoms with Crippen LogP contribution in [0.2, 0.25) is 0 Å². The standard InChI is InChI=1S/C20H21N5O4/c26-8-14-16(27)17(28)20(29-14)25-10-24-15-18(22-9-23-19(15)25)21-7-12-6-5-11-3-1-2-4-13(11)12/h1-4,6,9-10,14,16-17,20,26-28H,5,7-8H2,(H,21,22,23)/t14-,16-,17-,20?/m1/s1. The fourth-order valence-electron chi connectivity index (χ4n) is 3.98. The van der Waals surface area contributed by atoms with Crippen molar-refractivity contribution in [2.75, 3.05) is 18.5 Å². The minimum Gasteiger partial charge on any atom is -0.394 e. The molecule has 0 saturated carbocycles. The van der Waals surface area contributed by atoms with E-state index in [9.17, 15) is 15.3 Å². The van der Waals surface area contributed by atoms with E-state index in [1.807, 2.05) is 12.1 Å². The predicted octanol–water partition coefficient (Wildman–Crippen LogP) is 0.489. The van der Waals surface area contributed by atoms with Crippen LogP contribution in [0.15, 0.2) is 43.0 Å². The van der Waals surface area contributed by atoms with Crippen LogP contribution < -0.4 is 5.32 Å². The summed E-state index contributed by atoms with van der Waals surface area (Å²) in [4.78, 5) is 13.0. The second-order valence-electron chi connectivity index (χ2n) is 7.22. The van der Waals surface area contributed by atoms with Gasteiger partial charge in [-0.3, -0.25) is 4.57 Å². The van der Waals surface area contributed by atoms with E-state index in [0.717, 1.165) is 6.42 Å². The van der Waals surface area contributed by atoms with Crippen molar-refractivity contribution in [3.63, 3.8) is 0 Å². The number of aliphatic hydroxyl groups excluding tert-OH is 3. The fourth-order valence-corrected chi connectivity index (χ4v) is 3.98. The summed E-state index contributed by atoms with van der Waals surface area (Å²) < 4.78 is 7.14. The van der Waals surface area contributed by atoms with Gasteiger partial charge in [0, 0.05) is 6.54 Å². The Morgan fingerprint density at radius 1 is 1.14 bits per heavy atom. The van der Waals surface area contributed by atoms with E-state index in [2.05, 4.69) is 38.5 Å². The summed E-state index contributed by atoms with van der Waals surface area (Å²) in [6.45, 7) is 0.212. The molecule has 0 bridgehead atoms. The Bertz CT molecular complexity index is 1080. The van der Waals surface area contributed by atoms with E-state index in [-0.39, 0.29) is 6.61 Å². The summed E-state index contributed by atoms with van der Waals surface area (Å²) in [5, 5.41) is 33.0. The maximum absolute atomic E-state index is 10.3. The van der Waals surface area contributed by atoms with Crippen LogP contribution in [0.4, 0.5) is 5.82 Å². The van der Waals surface area contributed by atoms with Crippen LogP contribution >= 0.6 is 0 Å². The number of allylic oxidation sites excluding steroid dienone is 1. The molecule has 0 amide bonds. The molecule has 3 aromatic rings. The third-order valence-electron chi connectivity index (χ3n) is 5.53. The third kappa shape index (κ3) is 2.99. The first-order valence-corrected chi connectivity index (χ1v) is 9.48. The van der Waals surface area contributed by atoms with Crippen molar-refractivity contribution in [1.82, 2.24) is 19.5 Å². The summed E-state index contributed by atoms with van der Waals surface area (Å²) in [7, 11) is 0. The monoisotopic (exact) mass is 395 g/mol. The zero-order chi connectivity index (χ0) is 20.0. The molecule has 1 aliphatic heterocycles. The zero-order valence-electron chi connectivity index (χ0n) is 15.5. The fraction of sp³-hybridized carbons (Fsp3) is 0.350. The second-order valence-corrected chi connectivity index (χ2v) is 7.22. The smallest absolute Gasteiger partial charge is 0.167 e. The molecule has 2 aromatic heterocycles. The molecule has 1 aromatic carbocycles. The molecular formula is C20H21N5O4. The molecule has 1 fully saturated rings. The lowest BCUT2D eigenvalue weighted by Crippen LogP contribution is -2.33. The third-order valence-corrected chi connectivity index (χ3v) is 5.53. The molecule has 9 heteroatoms. The number of nitrogens with one attached hydrogen (secondary N) is 1. The van der Waals surface area contributed by atoms with Gasteiger partial charge in [0.25, 0.3) is 0 Å². The molecule has 1 aliphatic carbocycles. The van der Waals surface area contributed by atoms with Gasteiger partial charge in [-0.2, -0.15) is 0 Å². The summed E-state index contributed by atoms with van der Waals surface area (Å²) in [6.07, 6.45) is 1.91. The van der Waals surface area contributed by atoms with Gasteiger partial charge in [-0.1, -0.05) is 30.3 Å². The van der Waals surface area contributed by atoms with Gasteiger partial charge in [0.15, 0.2) is 23.2 Å². The van der Waals surface area contributed by atoms with Crippen molar-refractivity contribution in [1.29, 1.82) is 0 Å². The van der Waals surface area contributed by atoms with Crippen molar-refractivity contribution >= 4 is 22.6 Å². The molecule has 0 radical (unpaired) electrons. The van der Waals surface area contributed by atoms with Crippen molar-refractivity contribution in [2.24, 2.45) is 0 Å². The highest BCUT2D eigenvalue weighted by Crippen LogP contribution is 2.32. The Balaban J connectivity index is 1.40. The number of fused-ring (bicyclic) bond motifs is 2. The van der Waals surface area contributed by atoms with Gasteiger partial charge in [0.2, 0.25) is 0 Å². The van der Waals surface area contributed by atoms with Gasteiger partial charge in [-0.05, 0) is 23.1 Å². The van der Waals surface area contributed by atoms with E-state index in [1.165, 1.54) is 29.4 Å². The lowest BCUT2D eigenvalue weighted by molar-refractivity contribution is -0.0511. The maximum Gasteiger partial charge on any atom is 0.167 e. The highest BCUT2D eigenvalue weighted by molar-refractivity contribution is 5.84. The van der Waals surface area contributed by atoms with Gasteiger partial charge in [-0.15, -0.1) is 0 Å². The average Bonchev–Trinajstić information content (AvgIpc) is 3.43. The molecule has 4 N–H and O–H groups in total. The van der Waals surface area contributed by atoms with E-state index in [4.69, 9.17) is 4.74 Å². The molecule has 150 valence electrons. The molecule has 2 aliphatic rings. The molecule has 4 atom stereocenters. The summed E-state index contributed by atoms with van der Waals surface area (Å²) in [5.41, 5.74) is 4.76. The van der Waals surface area contributed by atoms with Crippen molar-refractivity contribution in [2.45, 2.75) is 31.0 Å². The number of ether oxygens (including phenoxy) is 1. The van der Waals surface area contributed by atoms with Crippen LogP contribution in [0.3, 0.4) is 0 Å². The highest BCUT2D eigenvalue weighted by atomic mass is 16.6. The van der Waals surface area contributed by atoms with Crippen LogP contribution in [-0.2, 0) is 11.2 Å². The van der Waals surface area contributed by atoms with Crippen LogP contribution in [0, 0.1) is 0 Å². The first kappa shape index (κ1) is 18.2. The highest BCUT2D eigenvalue weighted by Gasteiger charge is 2.44. The lowest BCUT2D eigenvalue weighted by atomic mass is 10.1. The van der Waals surface area contributed by atoms with Crippen LogP contribution in [-0.4, -0.2) is 66.3 Å². The molecule has 0 spiro atoms. The number of hydrogen-bond acceptors (Lipinski definition) is 8. The molecule has 1 unspecified atom stereocenters. The molecular weight excluding hydrogens is 374 g/mol. The van der Waals surface area contributed by atoms with Gasteiger partial charge < -0.3 is 25.4 Å². The topological polar surface area (TPSA) is 126 Å². The number of benzene rings is 1. The van der Waals surface area contributed by atoms with Gasteiger partial charge in [0.1, 0.15) is 24.6 Å². The normalized spacial score (nSPS) is 26.0. The summed E-state index contributed by atoms with van der Waals surface area (Å²) in [5.74, 6) is 0.575. The Hall–Kier alpha value is -2.85. The minimum atomic E-state index is -1.20. The molecule has 5 rings (SSSR count). The van der Waals surface area contributed by atoms with Gasteiger partial charge in [-0.25, -0.2) is 15.0 Å². The quantitative estimate of drug-likeness (QED) is 0.492. The van der Waals surface area contributed by atoms with Crippen LogP contribution in [0.5, 0.6) is 0 Å². The average molecular weight is 395 g/mol. The van der Waals surface area contributed by atoms with E-state index in [0.29, 0.717) is 23.5 Å². The number of nitrogens with zero attached hydrogens (tertiary/aromatic N) is 4. The predicted molar refractivity (Wildman–Crippen MR) is 105 cm³/mol. The number of aromatic nitrogens is 4. The SMILES string of the molecule is OC[C@H]1OC(n2cnc3c(NCC4=CCc5ccccc54)ncnc32)[C@H](O)[C@@H]1O. The summed E-state index contributed by atoms with van der Waals surface area (Å²) in [6, 6.07) is 8.32. The van der Waals surface area contributed by atoms with Crippen LogP contribution in [0.1, 0.15) is 17.4 Å². The number of imidazole rings is 1. The molecule has 29 heavy (non-hydrogen) atoms. The Kier molecular flexibility index (Phi) is 4.51. The first-order valence-electron chi connectivity index (χ1n) is 9.48. The van der Waals surface area contributed by atoms with Gasteiger partial charge >= 0.3 is 0 Å². The molecule has 1 saturated heterocycles. The minimum absolute atomic E-state index is 0.389. The Labute approximate surface area is 166 Å².